The van der Waals surface area contributed by atoms with E-state index in [0.717, 1.165) is 28.2 Å². The Morgan fingerprint density at radius 1 is 1.00 bits per heavy atom. The Kier molecular flexibility index (Phi) is 5.72. The average molecular weight is 492 g/mol. The minimum absolute atomic E-state index is 0.0505. The molecule has 0 radical (unpaired) electrons. The number of aryl methyl sites for hydroxylation is 2. The minimum Gasteiger partial charge on any atom is -0.321 e. The fourth-order valence-electron chi connectivity index (χ4n) is 4.04. The first-order valence-electron chi connectivity index (χ1n) is 10.6. The maximum atomic E-state index is 14.0. The van der Waals surface area contributed by atoms with Crippen LogP contribution in [0.25, 0.3) is 21.9 Å². The van der Waals surface area contributed by atoms with Crippen LogP contribution in [0.4, 0.5) is 0 Å². The summed E-state index contributed by atoms with van der Waals surface area (Å²) in [6, 6.07) is 14.5. The van der Waals surface area contributed by atoms with Crippen LogP contribution in [0.5, 0.6) is 0 Å². The Morgan fingerprint density at radius 3 is 2.65 bits per heavy atom. The molecule has 5 rings (SSSR count). The van der Waals surface area contributed by atoms with Crippen LogP contribution in [0, 0.1) is 13.8 Å². The molecule has 2 aromatic carbocycles. The van der Waals surface area contributed by atoms with Gasteiger partial charge in [-0.25, -0.2) is 8.42 Å². The second-order valence-corrected chi connectivity index (χ2v) is 10.5. The standard InChI is InChI=1S/C24H21N5O3S2/c1-15-5-3-7-18-11-19(24(30)26-21(15)18)14-29(13-17-6-4-10-25-12-17)34(31,32)23-16(2)8-9-20-22(23)28-33-27-20/h3-12H,13-14H2,1-2H3,(H,26,30). The highest BCUT2D eigenvalue weighted by Gasteiger charge is 2.30. The first kappa shape index (κ1) is 22.3. The van der Waals surface area contributed by atoms with Crippen molar-refractivity contribution in [2.75, 3.05) is 0 Å². The van der Waals surface area contributed by atoms with Crippen molar-refractivity contribution in [2.45, 2.75) is 31.8 Å². The molecule has 0 atom stereocenters. The van der Waals surface area contributed by atoms with E-state index in [1.807, 2.05) is 25.1 Å². The van der Waals surface area contributed by atoms with Crippen molar-refractivity contribution < 1.29 is 8.42 Å². The van der Waals surface area contributed by atoms with Gasteiger partial charge in [-0.2, -0.15) is 13.1 Å². The molecule has 0 aliphatic carbocycles. The van der Waals surface area contributed by atoms with E-state index < -0.39 is 10.0 Å². The quantitative estimate of drug-likeness (QED) is 0.385. The molecule has 3 heterocycles. The van der Waals surface area contributed by atoms with E-state index in [-0.39, 0.29) is 23.5 Å². The molecule has 0 aliphatic rings. The zero-order valence-corrected chi connectivity index (χ0v) is 20.2. The number of aromatic amines is 1. The van der Waals surface area contributed by atoms with Gasteiger partial charge in [-0.3, -0.25) is 9.78 Å². The van der Waals surface area contributed by atoms with Gasteiger partial charge in [-0.05, 0) is 54.1 Å². The largest absolute Gasteiger partial charge is 0.321 e. The maximum Gasteiger partial charge on any atom is 0.252 e. The third-order valence-electron chi connectivity index (χ3n) is 5.77. The lowest BCUT2D eigenvalue weighted by Gasteiger charge is -2.23. The number of nitrogens with zero attached hydrogens (tertiary/aromatic N) is 4. The third kappa shape index (κ3) is 4.00. The second kappa shape index (κ2) is 8.71. The number of nitrogens with one attached hydrogen (secondary N) is 1. The van der Waals surface area contributed by atoms with E-state index in [1.54, 1.807) is 49.6 Å². The van der Waals surface area contributed by atoms with Crippen LogP contribution in [-0.4, -0.2) is 31.4 Å². The summed E-state index contributed by atoms with van der Waals surface area (Å²) < 4.78 is 37.8. The molecule has 0 saturated heterocycles. The Bertz CT molecular complexity index is 1680. The molecular weight excluding hydrogens is 470 g/mol. The summed E-state index contributed by atoms with van der Waals surface area (Å²) in [4.78, 5) is 20.1. The van der Waals surface area contributed by atoms with Gasteiger partial charge < -0.3 is 4.98 Å². The summed E-state index contributed by atoms with van der Waals surface area (Å²) >= 11 is 0.969. The van der Waals surface area contributed by atoms with Crippen LogP contribution in [-0.2, 0) is 23.1 Å². The van der Waals surface area contributed by atoms with Gasteiger partial charge in [0.1, 0.15) is 15.9 Å². The molecule has 0 fully saturated rings. The molecule has 3 aromatic heterocycles. The van der Waals surface area contributed by atoms with Gasteiger partial charge in [-0.15, -0.1) is 0 Å². The maximum absolute atomic E-state index is 14.0. The molecule has 0 amide bonds. The molecule has 0 saturated carbocycles. The van der Waals surface area contributed by atoms with Gasteiger partial charge in [0.25, 0.3) is 5.56 Å². The van der Waals surface area contributed by atoms with Gasteiger partial charge in [0.2, 0.25) is 10.0 Å². The van der Waals surface area contributed by atoms with Crippen molar-refractivity contribution in [1.82, 2.24) is 23.0 Å². The lowest BCUT2D eigenvalue weighted by Crippen LogP contribution is -2.33. The summed E-state index contributed by atoms with van der Waals surface area (Å²) in [6.07, 6.45) is 3.25. The number of pyridine rings is 2. The second-order valence-electron chi connectivity index (χ2n) is 8.14. The Labute approximate surface area is 200 Å². The number of hydrogen-bond acceptors (Lipinski definition) is 7. The lowest BCUT2D eigenvalue weighted by molar-refractivity contribution is 0.399. The van der Waals surface area contributed by atoms with E-state index in [0.29, 0.717) is 27.7 Å². The minimum atomic E-state index is -4.05. The molecule has 5 aromatic rings. The van der Waals surface area contributed by atoms with E-state index in [1.165, 1.54) is 4.31 Å². The normalized spacial score (nSPS) is 12.1. The summed E-state index contributed by atoms with van der Waals surface area (Å²) in [5, 5.41) is 0.843. The van der Waals surface area contributed by atoms with E-state index in [4.69, 9.17) is 0 Å². The van der Waals surface area contributed by atoms with Crippen LogP contribution in [0.3, 0.4) is 0 Å². The molecule has 172 valence electrons. The van der Waals surface area contributed by atoms with Crippen LogP contribution < -0.4 is 5.56 Å². The fraction of sp³-hybridized carbons (Fsp3) is 0.167. The summed E-state index contributed by atoms with van der Waals surface area (Å²) in [5.41, 5.74) is 3.86. The summed E-state index contributed by atoms with van der Waals surface area (Å²) in [5.74, 6) is 0. The van der Waals surface area contributed by atoms with Gasteiger partial charge in [0, 0.05) is 31.0 Å². The van der Waals surface area contributed by atoms with Gasteiger partial charge in [0.15, 0.2) is 0 Å². The first-order chi connectivity index (χ1) is 16.3. The molecule has 0 aliphatic heterocycles. The molecule has 8 nitrogen and oxygen atoms in total. The molecule has 10 heteroatoms. The molecular formula is C24H21N5O3S2. The average Bonchev–Trinajstić information content (AvgIpc) is 3.28. The lowest BCUT2D eigenvalue weighted by atomic mass is 10.1. The van der Waals surface area contributed by atoms with Crippen molar-refractivity contribution in [2.24, 2.45) is 0 Å². The smallest absolute Gasteiger partial charge is 0.252 e. The first-order valence-corrected chi connectivity index (χ1v) is 12.7. The van der Waals surface area contributed by atoms with Crippen molar-refractivity contribution >= 4 is 43.7 Å². The Morgan fingerprint density at radius 2 is 1.85 bits per heavy atom. The van der Waals surface area contributed by atoms with Gasteiger partial charge >= 0.3 is 0 Å². The summed E-state index contributed by atoms with van der Waals surface area (Å²) in [7, 11) is -4.05. The topological polar surface area (TPSA) is 109 Å². The summed E-state index contributed by atoms with van der Waals surface area (Å²) in [6.45, 7) is 3.60. The van der Waals surface area contributed by atoms with Gasteiger partial charge in [-0.1, -0.05) is 30.3 Å². The predicted molar refractivity (Wildman–Crippen MR) is 132 cm³/mol. The number of rotatable bonds is 6. The molecule has 0 unspecified atom stereocenters. The number of para-hydroxylation sites is 1. The highest BCUT2D eigenvalue weighted by molar-refractivity contribution is 7.89. The molecule has 1 N–H and O–H groups in total. The fourth-order valence-corrected chi connectivity index (χ4v) is 6.40. The number of sulfonamides is 1. The van der Waals surface area contributed by atoms with Crippen molar-refractivity contribution in [3.8, 4) is 0 Å². The number of benzene rings is 2. The Balaban J connectivity index is 1.65. The molecule has 34 heavy (non-hydrogen) atoms. The number of H-pyrrole nitrogens is 1. The zero-order chi connectivity index (χ0) is 23.9. The van der Waals surface area contributed by atoms with E-state index >= 15 is 0 Å². The van der Waals surface area contributed by atoms with Crippen LogP contribution in [0.2, 0.25) is 0 Å². The van der Waals surface area contributed by atoms with Crippen LogP contribution in [0.1, 0.15) is 22.3 Å². The van der Waals surface area contributed by atoms with E-state index in [9.17, 15) is 13.2 Å². The monoisotopic (exact) mass is 491 g/mol. The Hall–Kier alpha value is -3.47. The SMILES string of the molecule is Cc1ccc2nsnc2c1S(=O)(=O)N(Cc1cccnc1)Cc1cc2cccc(C)c2[nH]c1=O. The van der Waals surface area contributed by atoms with Crippen LogP contribution >= 0.6 is 11.7 Å². The highest BCUT2D eigenvalue weighted by atomic mass is 32.2. The zero-order valence-electron chi connectivity index (χ0n) is 18.5. The highest BCUT2D eigenvalue weighted by Crippen LogP contribution is 2.30. The molecule has 0 bridgehead atoms. The third-order valence-corrected chi connectivity index (χ3v) is 8.28. The predicted octanol–water partition coefficient (Wildman–Crippen LogP) is 3.94. The van der Waals surface area contributed by atoms with Crippen molar-refractivity contribution in [1.29, 1.82) is 0 Å². The number of aromatic nitrogens is 4. The number of hydrogen-bond donors (Lipinski definition) is 1. The van der Waals surface area contributed by atoms with Gasteiger partial charge in [0.05, 0.1) is 17.2 Å². The number of fused-ring (bicyclic) bond motifs is 2. The van der Waals surface area contributed by atoms with Crippen LogP contribution in [0.15, 0.2) is 70.6 Å². The molecule has 0 spiro atoms. The van der Waals surface area contributed by atoms with Crippen molar-refractivity contribution in [3.63, 3.8) is 0 Å². The van der Waals surface area contributed by atoms with Crippen molar-refractivity contribution in [3.05, 3.63) is 93.5 Å². The van der Waals surface area contributed by atoms with E-state index in [2.05, 4.69) is 18.7 Å².